The molecule has 0 fully saturated rings. The van der Waals surface area contributed by atoms with Gasteiger partial charge in [0, 0.05) is 25.1 Å². The van der Waals surface area contributed by atoms with Crippen molar-refractivity contribution >= 4 is 9.84 Å². The molecule has 0 radical (unpaired) electrons. The number of benzene rings is 1. The maximum atomic E-state index is 12.6. The molecule has 3 rings (SSSR count). The summed E-state index contributed by atoms with van der Waals surface area (Å²) in [5.41, 5.74) is 1.52. The summed E-state index contributed by atoms with van der Waals surface area (Å²) < 4.78 is 27.2. The molecule has 0 aliphatic carbocycles. The summed E-state index contributed by atoms with van der Waals surface area (Å²) in [5, 5.41) is 0. The molecule has 2 aromatic heterocycles. The molecule has 0 atom stereocenters. The topological polar surface area (TPSA) is 64.8 Å². The number of hydrogen-bond acceptors (Lipinski definition) is 4. The first kappa shape index (κ1) is 14.5. The lowest BCUT2D eigenvalue weighted by atomic mass is 10.2. The first-order valence-corrected chi connectivity index (χ1v) is 8.27. The lowest BCUT2D eigenvalue weighted by Crippen LogP contribution is -2.05. The van der Waals surface area contributed by atoms with Gasteiger partial charge in [-0.1, -0.05) is 12.1 Å². The van der Waals surface area contributed by atoms with Crippen LogP contribution in [0.3, 0.4) is 0 Å². The molecule has 0 N–H and O–H groups in total. The fourth-order valence-electron chi connectivity index (χ4n) is 2.25. The number of rotatable bonds is 4. The lowest BCUT2D eigenvalue weighted by molar-refractivity contribution is 0.595. The van der Waals surface area contributed by atoms with Crippen LogP contribution in [0.4, 0.5) is 0 Å². The highest BCUT2D eigenvalue weighted by Crippen LogP contribution is 2.22. The third kappa shape index (κ3) is 2.78. The quantitative estimate of drug-likeness (QED) is 0.742. The van der Waals surface area contributed by atoms with Crippen LogP contribution in [0.5, 0.6) is 0 Å². The maximum absolute atomic E-state index is 12.6. The first-order chi connectivity index (χ1) is 10.6. The Balaban J connectivity index is 1.91. The van der Waals surface area contributed by atoms with Crippen LogP contribution in [0.1, 0.15) is 11.3 Å². The molecule has 6 heteroatoms. The molecule has 0 saturated carbocycles. The third-order valence-electron chi connectivity index (χ3n) is 3.41. The highest BCUT2D eigenvalue weighted by Gasteiger charge is 2.19. The lowest BCUT2D eigenvalue weighted by Gasteiger charge is -2.08. The minimum Gasteiger partial charge on any atom is -0.333 e. The van der Waals surface area contributed by atoms with Crippen LogP contribution in [0.15, 0.2) is 71.1 Å². The van der Waals surface area contributed by atoms with Crippen molar-refractivity contribution in [3.63, 3.8) is 0 Å². The molecule has 0 spiro atoms. The Morgan fingerprint density at radius 2 is 1.86 bits per heavy atom. The van der Waals surface area contributed by atoms with Crippen LogP contribution in [0, 0.1) is 6.92 Å². The van der Waals surface area contributed by atoms with Crippen LogP contribution < -0.4 is 0 Å². The largest absolute Gasteiger partial charge is 0.333 e. The van der Waals surface area contributed by atoms with Crippen LogP contribution in [-0.2, 0) is 16.4 Å². The van der Waals surface area contributed by atoms with E-state index in [1.54, 1.807) is 49.9 Å². The minimum atomic E-state index is -3.53. The predicted octanol–water partition coefficient (Wildman–Crippen LogP) is 2.47. The summed E-state index contributed by atoms with van der Waals surface area (Å²) in [6, 6.07) is 10.1. The molecule has 112 valence electrons. The predicted molar refractivity (Wildman–Crippen MR) is 82.2 cm³/mol. The van der Waals surface area contributed by atoms with E-state index in [-0.39, 0.29) is 9.79 Å². The second-order valence-electron chi connectivity index (χ2n) is 4.97. The summed E-state index contributed by atoms with van der Waals surface area (Å²) in [6.45, 7) is 2.35. The Labute approximate surface area is 129 Å². The monoisotopic (exact) mass is 313 g/mol. The van der Waals surface area contributed by atoms with E-state index in [1.165, 1.54) is 0 Å². The van der Waals surface area contributed by atoms with E-state index < -0.39 is 9.84 Å². The molecule has 22 heavy (non-hydrogen) atoms. The summed E-state index contributed by atoms with van der Waals surface area (Å²) in [5.74, 6) is 0. The van der Waals surface area contributed by atoms with Crippen molar-refractivity contribution < 1.29 is 8.42 Å². The molecule has 1 aromatic carbocycles. The smallest absolute Gasteiger partial charge is 0.208 e. The van der Waals surface area contributed by atoms with E-state index in [2.05, 4.69) is 9.97 Å². The van der Waals surface area contributed by atoms with E-state index in [9.17, 15) is 8.42 Å². The average Bonchev–Trinajstić information content (AvgIpc) is 3.01. The highest BCUT2D eigenvalue weighted by atomic mass is 32.2. The van der Waals surface area contributed by atoms with E-state index in [0.717, 1.165) is 5.56 Å². The van der Waals surface area contributed by atoms with Crippen molar-refractivity contribution in [2.24, 2.45) is 0 Å². The van der Waals surface area contributed by atoms with Gasteiger partial charge in [-0.2, -0.15) is 0 Å². The van der Waals surface area contributed by atoms with Crippen molar-refractivity contribution in [2.75, 3.05) is 0 Å². The Hall–Kier alpha value is -2.47. The fraction of sp³-hybridized carbons (Fsp3) is 0.125. The fourth-order valence-corrected chi connectivity index (χ4v) is 3.69. The van der Waals surface area contributed by atoms with Gasteiger partial charge >= 0.3 is 0 Å². The van der Waals surface area contributed by atoms with Gasteiger partial charge in [0.2, 0.25) is 9.84 Å². The van der Waals surface area contributed by atoms with Crippen LogP contribution >= 0.6 is 0 Å². The number of hydrogen-bond donors (Lipinski definition) is 0. The second kappa shape index (κ2) is 5.73. The van der Waals surface area contributed by atoms with E-state index in [4.69, 9.17) is 0 Å². The van der Waals surface area contributed by atoms with Gasteiger partial charge < -0.3 is 4.57 Å². The Bertz CT molecular complexity index is 870. The van der Waals surface area contributed by atoms with Crippen LogP contribution in [0.25, 0.3) is 0 Å². The SMILES string of the molecule is Cc1ncccc1S(=O)(=O)c1ccc(Cn2ccnc2)cc1. The number of sulfone groups is 1. The number of aromatic nitrogens is 3. The van der Waals surface area contributed by atoms with Gasteiger partial charge in [-0.05, 0) is 36.8 Å². The second-order valence-corrected chi connectivity index (χ2v) is 6.89. The molecular formula is C16H15N3O2S. The van der Waals surface area contributed by atoms with Gasteiger partial charge in [0.05, 0.1) is 21.8 Å². The van der Waals surface area contributed by atoms with E-state index >= 15 is 0 Å². The zero-order chi connectivity index (χ0) is 15.6. The zero-order valence-corrected chi connectivity index (χ0v) is 12.9. The number of imidazole rings is 1. The maximum Gasteiger partial charge on any atom is 0.208 e. The molecule has 0 aliphatic rings. The number of pyridine rings is 1. The van der Waals surface area contributed by atoms with Gasteiger partial charge in [-0.15, -0.1) is 0 Å². The molecule has 0 saturated heterocycles. The highest BCUT2D eigenvalue weighted by molar-refractivity contribution is 7.91. The summed E-state index contributed by atoms with van der Waals surface area (Å²) in [4.78, 5) is 8.56. The van der Waals surface area contributed by atoms with Crippen molar-refractivity contribution in [3.05, 3.63) is 72.6 Å². The number of nitrogens with zero attached hydrogens (tertiary/aromatic N) is 3. The Kier molecular flexibility index (Phi) is 3.77. The van der Waals surface area contributed by atoms with Gasteiger partial charge in [-0.3, -0.25) is 4.98 Å². The summed E-state index contributed by atoms with van der Waals surface area (Å²) >= 11 is 0. The van der Waals surface area contributed by atoms with Crippen molar-refractivity contribution in [1.29, 1.82) is 0 Å². The average molecular weight is 313 g/mol. The molecule has 0 aliphatic heterocycles. The van der Waals surface area contributed by atoms with E-state index in [0.29, 0.717) is 12.2 Å². The standard InChI is InChI=1S/C16H15N3O2S/c1-13-16(3-2-8-18-13)22(20,21)15-6-4-14(5-7-15)11-19-10-9-17-12-19/h2-10,12H,11H2,1H3. The van der Waals surface area contributed by atoms with Gasteiger partial charge in [0.1, 0.15) is 0 Å². The molecular weight excluding hydrogens is 298 g/mol. The Morgan fingerprint density at radius 1 is 1.09 bits per heavy atom. The first-order valence-electron chi connectivity index (χ1n) is 6.79. The van der Waals surface area contributed by atoms with Crippen molar-refractivity contribution in [3.8, 4) is 0 Å². The van der Waals surface area contributed by atoms with Gasteiger partial charge in [0.25, 0.3) is 0 Å². The van der Waals surface area contributed by atoms with Crippen molar-refractivity contribution in [2.45, 2.75) is 23.3 Å². The van der Waals surface area contributed by atoms with Gasteiger partial charge in [0.15, 0.2) is 0 Å². The third-order valence-corrected chi connectivity index (χ3v) is 5.31. The zero-order valence-electron chi connectivity index (χ0n) is 12.0. The van der Waals surface area contributed by atoms with E-state index in [1.807, 2.05) is 22.9 Å². The number of aryl methyl sites for hydroxylation is 1. The molecule has 3 aromatic rings. The Morgan fingerprint density at radius 3 is 2.50 bits per heavy atom. The molecule has 2 heterocycles. The molecule has 5 nitrogen and oxygen atoms in total. The summed E-state index contributed by atoms with van der Waals surface area (Å²) in [7, 11) is -3.53. The normalized spacial score (nSPS) is 11.5. The van der Waals surface area contributed by atoms with Crippen LogP contribution in [-0.4, -0.2) is 23.0 Å². The molecule has 0 unspecified atom stereocenters. The summed E-state index contributed by atoms with van der Waals surface area (Å²) in [6.07, 6.45) is 6.89. The molecule has 0 amide bonds. The van der Waals surface area contributed by atoms with Crippen molar-refractivity contribution in [1.82, 2.24) is 14.5 Å². The molecule has 0 bridgehead atoms. The van der Waals surface area contributed by atoms with Crippen LogP contribution in [0.2, 0.25) is 0 Å². The van der Waals surface area contributed by atoms with Gasteiger partial charge in [-0.25, -0.2) is 13.4 Å². The minimum absolute atomic E-state index is 0.248.